The zero-order valence-corrected chi connectivity index (χ0v) is 12.2. The molecule has 1 unspecified atom stereocenters. The molecule has 0 aliphatic carbocycles. The van der Waals surface area contributed by atoms with Crippen molar-refractivity contribution in [3.05, 3.63) is 29.8 Å². The first kappa shape index (κ1) is 15.4. The summed E-state index contributed by atoms with van der Waals surface area (Å²) in [6.07, 6.45) is 0.581. The lowest BCUT2D eigenvalue weighted by Gasteiger charge is -2.14. The molecule has 1 N–H and O–H groups in total. The molecule has 0 radical (unpaired) electrons. The summed E-state index contributed by atoms with van der Waals surface area (Å²) in [5.74, 6) is 1.17. The van der Waals surface area contributed by atoms with E-state index in [1.807, 2.05) is 24.3 Å². The summed E-state index contributed by atoms with van der Waals surface area (Å²) in [5, 5.41) is 3.01. The topological polar surface area (TPSA) is 46.2 Å². The van der Waals surface area contributed by atoms with Crippen LogP contribution >= 0.6 is 0 Å². The first-order chi connectivity index (χ1) is 8.90. The van der Waals surface area contributed by atoms with E-state index in [-0.39, 0.29) is 11.6 Å². The van der Waals surface area contributed by atoms with Crippen molar-refractivity contribution >= 4 is 17.3 Å². The molecule has 1 atom stereocenters. The first-order valence-electron chi connectivity index (χ1n) is 6.76. The normalized spacial score (nSPS) is 12.3. The zero-order chi connectivity index (χ0) is 14.4. The summed E-state index contributed by atoms with van der Waals surface area (Å²) in [7, 11) is 0. The molecule has 3 nitrogen and oxygen atoms in total. The Morgan fingerprint density at radius 2 is 1.68 bits per heavy atom. The lowest BCUT2D eigenvalue weighted by Crippen LogP contribution is -2.12. The third kappa shape index (κ3) is 5.25. The molecule has 19 heavy (non-hydrogen) atoms. The highest BCUT2D eigenvalue weighted by molar-refractivity contribution is 5.96. The molecule has 1 rings (SSSR count). The van der Waals surface area contributed by atoms with Crippen molar-refractivity contribution in [1.29, 1.82) is 0 Å². The van der Waals surface area contributed by atoms with E-state index in [2.05, 4.69) is 26.1 Å². The first-order valence-corrected chi connectivity index (χ1v) is 6.76. The fraction of sp³-hybridized carbons (Fsp3) is 0.500. The quantitative estimate of drug-likeness (QED) is 0.763. The van der Waals surface area contributed by atoms with Gasteiger partial charge in [0.15, 0.2) is 5.78 Å². The van der Waals surface area contributed by atoms with E-state index in [0.29, 0.717) is 24.8 Å². The second kappa shape index (κ2) is 7.07. The molecule has 0 bridgehead atoms. The van der Waals surface area contributed by atoms with Gasteiger partial charge in [0.25, 0.3) is 0 Å². The number of nitrogens with one attached hydrogen (secondary N) is 1. The molecule has 0 aliphatic rings. The number of carbonyl (C=O) groups is 2. The largest absolute Gasteiger partial charge is 0.378 e. The van der Waals surface area contributed by atoms with Crippen LogP contribution in [0.25, 0.3) is 0 Å². The minimum absolute atomic E-state index is 0.0888. The standard InChI is InChI=1S/C16H23NO2/c1-11(2)12(3)9-16(19)14-5-7-15(8-6-14)17-10-13(4)18/h5-8,11-12,17H,9-10H2,1-4H3. The van der Waals surface area contributed by atoms with Gasteiger partial charge in [-0.25, -0.2) is 0 Å². The Labute approximate surface area is 115 Å². The number of carbonyl (C=O) groups excluding carboxylic acids is 2. The highest BCUT2D eigenvalue weighted by Crippen LogP contribution is 2.18. The van der Waals surface area contributed by atoms with Gasteiger partial charge in [-0.15, -0.1) is 0 Å². The minimum atomic E-state index is 0.0888. The van der Waals surface area contributed by atoms with Crippen molar-refractivity contribution in [2.24, 2.45) is 11.8 Å². The van der Waals surface area contributed by atoms with Gasteiger partial charge >= 0.3 is 0 Å². The highest BCUT2D eigenvalue weighted by Gasteiger charge is 2.14. The van der Waals surface area contributed by atoms with Gasteiger partial charge < -0.3 is 5.32 Å². The van der Waals surface area contributed by atoms with Crippen molar-refractivity contribution in [3.8, 4) is 0 Å². The molecule has 0 fully saturated rings. The van der Waals surface area contributed by atoms with Crippen LogP contribution in [0.3, 0.4) is 0 Å². The monoisotopic (exact) mass is 261 g/mol. The summed E-state index contributed by atoms with van der Waals surface area (Å²) in [6.45, 7) is 8.22. The Balaban J connectivity index is 2.60. The van der Waals surface area contributed by atoms with E-state index >= 15 is 0 Å². The van der Waals surface area contributed by atoms with E-state index in [9.17, 15) is 9.59 Å². The molecule has 104 valence electrons. The Morgan fingerprint density at radius 3 is 2.16 bits per heavy atom. The van der Waals surface area contributed by atoms with Crippen molar-refractivity contribution in [2.75, 3.05) is 11.9 Å². The third-order valence-electron chi connectivity index (χ3n) is 3.39. The fourth-order valence-electron chi connectivity index (χ4n) is 1.65. The molecular weight excluding hydrogens is 238 g/mol. The zero-order valence-electron chi connectivity index (χ0n) is 12.2. The van der Waals surface area contributed by atoms with Crippen LogP contribution in [0.4, 0.5) is 5.69 Å². The smallest absolute Gasteiger partial charge is 0.163 e. The van der Waals surface area contributed by atoms with Gasteiger partial charge in [-0.2, -0.15) is 0 Å². The van der Waals surface area contributed by atoms with Gasteiger partial charge in [-0.05, 0) is 43.0 Å². The number of anilines is 1. The molecule has 0 heterocycles. The van der Waals surface area contributed by atoms with Crippen LogP contribution in [-0.2, 0) is 4.79 Å². The Morgan fingerprint density at radius 1 is 1.11 bits per heavy atom. The molecule has 0 amide bonds. The summed E-state index contributed by atoms with van der Waals surface area (Å²) in [4.78, 5) is 22.9. The summed E-state index contributed by atoms with van der Waals surface area (Å²) in [5.41, 5.74) is 1.60. The Bertz CT molecular complexity index is 435. The van der Waals surface area contributed by atoms with E-state index in [1.165, 1.54) is 6.92 Å². The van der Waals surface area contributed by atoms with Crippen molar-refractivity contribution < 1.29 is 9.59 Å². The number of ketones is 2. The number of benzene rings is 1. The summed E-state index contributed by atoms with van der Waals surface area (Å²) < 4.78 is 0. The van der Waals surface area contributed by atoms with Crippen LogP contribution in [0.5, 0.6) is 0 Å². The van der Waals surface area contributed by atoms with Crippen molar-refractivity contribution in [3.63, 3.8) is 0 Å². The molecule has 0 saturated heterocycles. The van der Waals surface area contributed by atoms with Crippen molar-refractivity contribution in [2.45, 2.75) is 34.1 Å². The SMILES string of the molecule is CC(=O)CNc1ccc(C(=O)CC(C)C(C)C)cc1. The number of Topliss-reactive ketones (excluding diaryl/α,β-unsaturated/α-hetero) is 2. The van der Waals surface area contributed by atoms with Gasteiger partial charge in [0, 0.05) is 17.7 Å². The minimum Gasteiger partial charge on any atom is -0.378 e. The molecule has 0 aromatic heterocycles. The summed E-state index contributed by atoms with van der Waals surface area (Å²) >= 11 is 0. The molecule has 0 aliphatic heterocycles. The van der Waals surface area contributed by atoms with Gasteiger partial charge in [0.05, 0.1) is 6.54 Å². The molecule has 0 spiro atoms. The molecular formula is C16H23NO2. The number of hydrogen-bond acceptors (Lipinski definition) is 3. The predicted molar refractivity (Wildman–Crippen MR) is 78.6 cm³/mol. The lowest BCUT2D eigenvalue weighted by atomic mass is 9.91. The molecule has 1 aromatic carbocycles. The van der Waals surface area contributed by atoms with Gasteiger partial charge in [-0.1, -0.05) is 20.8 Å². The van der Waals surface area contributed by atoms with Crippen LogP contribution in [0.1, 0.15) is 44.5 Å². The van der Waals surface area contributed by atoms with Crippen molar-refractivity contribution in [1.82, 2.24) is 0 Å². The average molecular weight is 261 g/mol. The van der Waals surface area contributed by atoms with Gasteiger partial charge in [0.1, 0.15) is 5.78 Å². The molecule has 1 aromatic rings. The highest BCUT2D eigenvalue weighted by atomic mass is 16.1. The number of rotatable bonds is 7. The third-order valence-corrected chi connectivity index (χ3v) is 3.39. The van der Waals surface area contributed by atoms with E-state index in [0.717, 1.165) is 11.3 Å². The maximum atomic E-state index is 12.1. The maximum absolute atomic E-state index is 12.1. The van der Waals surface area contributed by atoms with Crippen LogP contribution in [0, 0.1) is 11.8 Å². The molecule has 0 saturated carbocycles. The molecule has 3 heteroatoms. The van der Waals surface area contributed by atoms with Crippen LogP contribution in [0.15, 0.2) is 24.3 Å². The van der Waals surface area contributed by atoms with Crippen LogP contribution < -0.4 is 5.32 Å². The lowest BCUT2D eigenvalue weighted by molar-refractivity contribution is -0.115. The second-order valence-corrected chi connectivity index (χ2v) is 5.48. The van der Waals surface area contributed by atoms with Gasteiger partial charge in [-0.3, -0.25) is 9.59 Å². The predicted octanol–water partition coefficient (Wildman–Crippen LogP) is 3.55. The average Bonchev–Trinajstić information content (AvgIpc) is 2.36. The van der Waals surface area contributed by atoms with E-state index in [4.69, 9.17) is 0 Å². The summed E-state index contributed by atoms with van der Waals surface area (Å²) in [6, 6.07) is 7.32. The number of hydrogen-bond donors (Lipinski definition) is 1. The van der Waals surface area contributed by atoms with Crippen LogP contribution in [0.2, 0.25) is 0 Å². The second-order valence-electron chi connectivity index (χ2n) is 5.48. The Kier molecular flexibility index (Phi) is 5.74. The maximum Gasteiger partial charge on any atom is 0.163 e. The van der Waals surface area contributed by atoms with E-state index < -0.39 is 0 Å². The fourth-order valence-corrected chi connectivity index (χ4v) is 1.65. The van der Waals surface area contributed by atoms with Gasteiger partial charge in [0.2, 0.25) is 0 Å². The van der Waals surface area contributed by atoms with Crippen LogP contribution in [-0.4, -0.2) is 18.1 Å². The Hall–Kier alpha value is -1.64. The van der Waals surface area contributed by atoms with E-state index in [1.54, 1.807) is 0 Å².